The topological polar surface area (TPSA) is 231 Å². The van der Waals surface area contributed by atoms with E-state index in [0.29, 0.717) is 12.8 Å². The summed E-state index contributed by atoms with van der Waals surface area (Å²) in [6.45, 7) is 2.47. The molecule has 2 saturated heterocycles. The summed E-state index contributed by atoms with van der Waals surface area (Å²) in [7, 11) is 0. The van der Waals surface area contributed by atoms with Gasteiger partial charge in [-0.2, -0.15) is 0 Å². The van der Waals surface area contributed by atoms with Gasteiger partial charge in [-0.05, 0) is 44.9 Å². The second-order valence-electron chi connectivity index (χ2n) is 19.7. The van der Waals surface area contributed by atoms with Crippen molar-refractivity contribution in [2.24, 2.45) is 0 Å². The molecule has 11 unspecified atom stereocenters. The first kappa shape index (κ1) is 64.8. The minimum Gasteiger partial charge on any atom is -0.462 e. The molecule has 0 aromatic carbocycles. The monoisotopic (exact) mass is 1010 g/mol. The van der Waals surface area contributed by atoms with Gasteiger partial charge < -0.3 is 64.2 Å². The van der Waals surface area contributed by atoms with E-state index in [-0.39, 0.29) is 19.4 Å². The first-order valence-electron chi connectivity index (χ1n) is 28.1. The summed E-state index contributed by atoms with van der Waals surface area (Å²) in [4.78, 5) is 25.8. The molecule has 2 heterocycles. The van der Waals surface area contributed by atoms with Crippen molar-refractivity contribution >= 4 is 11.9 Å². The number of carbonyl (C=O) groups excluding carboxylic acids is 2. The largest absolute Gasteiger partial charge is 0.462 e. The summed E-state index contributed by atoms with van der Waals surface area (Å²) in [6.07, 6.45) is 30.4. The molecular formula is C56H100O15. The molecule has 2 aliphatic rings. The fourth-order valence-electron chi connectivity index (χ4n) is 8.82. The molecule has 15 heteroatoms. The summed E-state index contributed by atoms with van der Waals surface area (Å²) in [6, 6.07) is 0. The molecule has 0 spiro atoms. The zero-order chi connectivity index (χ0) is 51.7. The lowest BCUT2D eigenvalue weighted by Crippen LogP contribution is -2.61. The highest BCUT2D eigenvalue weighted by atomic mass is 16.7. The summed E-state index contributed by atoms with van der Waals surface area (Å²) in [5.74, 6) is -0.951. The van der Waals surface area contributed by atoms with Crippen molar-refractivity contribution < 1.29 is 73.8 Å². The molecule has 0 aromatic heterocycles. The molecule has 2 aliphatic heterocycles. The fourth-order valence-corrected chi connectivity index (χ4v) is 8.82. The lowest BCUT2D eigenvalue weighted by molar-refractivity contribution is -0.332. The Morgan fingerprint density at radius 3 is 1.39 bits per heavy atom. The summed E-state index contributed by atoms with van der Waals surface area (Å²) < 4.78 is 33.6. The predicted molar refractivity (Wildman–Crippen MR) is 275 cm³/mol. The first-order valence-corrected chi connectivity index (χ1v) is 28.1. The van der Waals surface area contributed by atoms with Crippen LogP contribution in [0.5, 0.6) is 0 Å². The smallest absolute Gasteiger partial charge is 0.306 e. The van der Waals surface area contributed by atoms with Crippen molar-refractivity contribution in [2.45, 2.75) is 280 Å². The number of hydrogen-bond donors (Lipinski definition) is 7. The second-order valence-corrected chi connectivity index (χ2v) is 19.7. The van der Waals surface area contributed by atoms with Crippen LogP contribution in [-0.4, -0.2) is 142 Å². The molecular weight excluding hydrogens is 913 g/mol. The molecule has 0 bridgehead atoms. The molecule has 7 N–H and O–H groups in total. The van der Waals surface area contributed by atoms with Gasteiger partial charge in [-0.15, -0.1) is 0 Å². The SMILES string of the molecule is CC/C=C\C/C=C\C/C=C\CCCCCC(=O)OC(COC(=O)CCCCCCCCCCCCCCCCCCCCCCCC)COC1OC(COC2OC(CO)C(O)C(O)C2O)C(O)C(O)C1O. The Hall–Kier alpha value is -2.28. The van der Waals surface area contributed by atoms with Crippen molar-refractivity contribution in [2.75, 3.05) is 26.4 Å². The Bertz CT molecular complexity index is 1380. The zero-order valence-electron chi connectivity index (χ0n) is 44.0. The predicted octanol–water partition coefficient (Wildman–Crippen LogP) is 8.88. The van der Waals surface area contributed by atoms with Crippen LogP contribution in [0.15, 0.2) is 36.5 Å². The molecule has 0 radical (unpaired) electrons. The minimum absolute atomic E-state index is 0.131. The van der Waals surface area contributed by atoms with Crippen molar-refractivity contribution in [3.8, 4) is 0 Å². The summed E-state index contributed by atoms with van der Waals surface area (Å²) in [5.41, 5.74) is 0. The maximum Gasteiger partial charge on any atom is 0.306 e. The van der Waals surface area contributed by atoms with Gasteiger partial charge in [0.1, 0.15) is 55.4 Å². The van der Waals surface area contributed by atoms with Crippen LogP contribution in [0, 0.1) is 0 Å². The number of allylic oxidation sites excluding steroid dienone is 6. The third-order valence-electron chi connectivity index (χ3n) is 13.4. The van der Waals surface area contributed by atoms with Crippen LogP contribution >= 0.6 is 0 Å². The van der Waals surface area contributed by atoms with Crippen LogP contribution in [-0.2, 0) is 38.0 Å². The highest BCUT2D eigenvalue weighted by Gasteiger charge is 2.47. The summed E-state index contributed by atoms with van der Waals surface area (Å²) in [5, 5.41) is 72.1. The fraction of sp³-hybridized carbons (Fsp3) is 0.857. The lowest BCUT2D eigenvalue weighted by atomic mass is 9.98. The molecule has 0 amide bonds. The van der Waals surface area contributed by atoms with E-state index in [0.717, 1.165) is 57.8 Å². The van der Waals surface area contributed by atoms with Gasteiger partial charge in [-0.1, -0.05) is 192 Å². The Balaban J connectivity index is 1.74. The summed E-state index contributed by atoms with van der Waals surface area (Å²) >= 11 is 0. The highest BCUT2D eigenvalue weighted by Crippen LogP contribution is 2.27. The van der Waals surface area contributed by atoms with Crippen LogP contribution in [0.3, 0.4) is 0 Å². The van der Waals surface area contributed by atoms with Gasteiger partial charge in [-0.25, -0.2) is 0 Å². The van der Waals surface area contributed by atoms with Crippen molar-refractivity contribution in [1.82, 2.24) is 0 Å². The highest BCUT2D eigenvalue weighted by molar-refractivity contribution is 5.70. The quantitative estimate of drug-likeness (QED) is 0.0172. The lowest BCUT2D eigenvalue weighted by Gasteiger charge is -2.42. The Morgan fingerprint density at radius 1 is 0.465 bits per heavy atom. The van der Waals surface area contributed by atoms with Crippen LogP contribution < -0.4 is 0 Å². The number of carbonyl (C=O) groups is 2. The van der Waals surface area contributed by atoms with E-state index in [2.05, 4.69) is 50.3 Å². The van der Waals surface area contributed by atoms with Gasteiger partial charge in [0.2, 0.25) is 0 Å². The Labute approximate surface area is 427 Å². The molecule has 2 fully saturated rings. The van der Waals surface area contributed by atoms with E-state index in [1.165, 1.54) is 116 Å². The van der Waals surface area contributed by atoms with Crippen molar-refractivity contribution in [3.05, 3.63) is 36.5 Å². The van der Waals surface area contributed by atoms with Crippen LogP contribution in [0.1, 0.15) is 213 Å². The number of esters is 2. The van der Waals surface area contributed by atoms with E-state index >= 15 is 0 Å². The minimum atomic E-state index is -1.77. The number of hydrogen-bond acceptors (Lipinski definition) is 15. The maximum absolute atomic E-state index is 13.0. The van der Waals surface area contributed by atoms with Crippen molar-refractivity contribution in [3.63, 3.8) is 0 Å². The molecule has 414 valence electrons. The van der Waals surface area contributed by atoms with Gasteiger partial charge in [0.15, 0.2) is 18.7 Å². The number of rotatable bonds is 44. The van der Waals surface area contributed by atoms with Crippen LogP contribution in [0.2, 0.25) is 0 Å². The number of aliphatic hydroxyl groups is 7. The molecule has 71 heavy (non-hydrogen) atoms. The van der Waals surface area contributed by atoms with Crippen LogP contribution in [0.25, 0.3) is 0 Å². The normalized spacial score (nSPS) is 25.4. The maximum atomic E-state index is 13.0. The molecule has 15 nitrogen and oxygen atoms in total. The molecule has 0 aromatic rings. The zero-order valence-corrected chi connectivity index (χ0v) is 44.0. The number of unbranched alkanes of at least 4 members (excludes halogenated alkanes) is 24. The number of aliphatic hydroxyl groups excluding tert-OH is 7. The van der Waals surface area contributed by atoms with E-state index in [1.54, 1.807) is 0 Å². The third kappa shape index (κ3) is 30.6. The number of ether oxygens (including phenoxy) is 6. The van der Waals surface area contributed by atoms with Gasteiger partial charge >= 0.3 is 11.9 Å². The standard InChI is InChI=1S/C56H100O15/c1-3-5-7-9-11-13-15-17-18-19-20-21-22-23-24-25-27-28-30-32-34-36-38-47(58)66-41-44(69-48(59)39-37-35-33-31-29-26-16-14-12-10-8-6-4-2)42-67-55-54(65)52(63)50(61)46(71-55)43-68-56-53(64)51(62)49(60)45(40-57)70-56/h6,8,12,14,26,29,44-46,49-57,60-65H,3-5,7,9-11,13,15-25,27-28,30-43H2,1-2H3/b8-6-,14-12-,29-26-. The van der Waals surface area contributed by atoms with Gasteiger partial charge in [0.05, 0.1) is 19.8 Å². The van der Waals surface area contributed by atoms with Gasteiger partial charge in [0, 0.05) is 12.8 Å². The van der Waals surface area contributed by atoms with E-state index < -0.39 is 99.3 Å². The second kappa shape index (κ2) is 43.0. The van der Waals surface area contributed by atoms with E-state index in [9.17, 15) is 45.3 Å². The van der Waals surface area contributed by atoms with Crippen molar-refractivity contribution in [1.29, 1.82) is 0 Å². The van der Waals surface area contributed by atoms with Gasteiger partial charge in [0.25, 0.3) is 0 Å². The molecule has 0 saturated carbocycles. The molecule has 2 rings (SSSR count). The Morgan fingerprint density at radius 2 is 0.887 bits per heavy atom. The van der Waals surface area contributed by atoms with Gasteiger partial charge in [-0.3, -0.25) is 9.59 Å². The molecule has 0 aliphatic carbocycles. The average molecular weight is 1010 g/mol. The Kier molecular flexibility index (Phi) is 39.3. The molecule has 11 atom stereocenters. The average Bonchev–Trinajstić information content (AvgIpc) is 3.36. The first-order chi connectivity index (χ1) is 34.5. The third-order valence-corrected chi connectivity index (χ3v) is 13.4. The van der Waals surface area contributed by atoms with Crippen LogP contribution in [0.4, 0.5) is 0 Å². The van der Waals surface area contributed by atoms with E-state index in [4.69, 9.17) is 28.4 Å². The van der Waals surface area contributed by atoms with E-state index in [1.807, 2.05) is 0 Å².